The molecule has 3 heteroatoms. The molecule has 4 aromatic rings. The molecule has 2 heterocycles. The lowest BCUT2D eigenvalue weighted by Gasteiger charge is -2.02. The summed E-state index contributed by atoms with van der Waals surface area (Å²) in [7, 11) is 2.89. The Morgan fingerprint density at radius 1 is 0.875 bits per heavy atom. The van der Waals surface area contributed by atoms with Gasteiger partial charge >= 0.3 is 0 Å². The van der Waals surface area contributed by atoms with Gasteiger partial charge in [0.1, 0.15) is 7.05 Å². The Hall–Kier alpha value is -2.65. The minimum Gasteiger partial charge on any atom is -0.355 e. The van der Waals surface area contributed by atoms with E-state index in [1.807, 2.05) is 0 Å². The number of para-hydroxylation sites is 1. The first-order valence-electron chi connectivity index (χ1n) is 8.20. The molecule has 24 heavy (non-hydrogen) atoms. The summed E-state index contributed by atoms with van der Waals surface area (Å²) in [5.74, 6) is 0. The summed E-state index contributed by atoms with van der Waals surface area (Å²) in [6.07, 6.45) is 0. The van der Waals surface area contributed by atoms with Crippen LogP contribution in [0, 0.1) is 6.92 Å². The summed E-state index contributed by atoms with van der Waals surface area (Å²) >= 11 is 0. The predicted octanol–water partition coefficient (Wildman–Crippen LogP) is 3.69. The fraction of sp³-hybridized carbons (Fsp3) is 0.0952. The SMILES string of the molecule is Cc1ccccc1C1=[N+](C)c2cc3c(cc2[Si]1)[nH]c1ccccc13. The Balaban J connectivity index is 1.75. The molecule has 114 valence electrons. The molecule has 2 nitrogen and oxygen atoms in total. The van der Waals surface area contributed by atoms with E-state index in [1.54, 1.807) is 0 Å². The van der Waals surface area contributed by atoms with Crippen molar-refractivity contribution in [3.05, 3.63) is 71.8 Å². The fourth-order valence-electron chi connectivity index (χ4n) is 3.68. The summed E-state index contributed by atoms with van der Waals surface area (Å²) in [4.78, 5) is 3.57. The van der Waals surface area contributed by atoms with E-state index in [2.05, 4.69) is 84.2 Å². The van der Waals surface area contributed by atoms with Gasteiger partial charge in [-0.25, -0.2) is 4.58 Å². The van der Waals surface area contributed by atoms with E-state index in [9.17, 15) is 0 Å². The van der Waals surface area contributed by atoms with Crippen LogP contribution in [0.5, 0.6) is 0 Å². The average Bonchev–Trinajstić information content (AvgIpc) is 3.11. The summed E-state index contributed by atoms with van der Waals surface area (Å²) in [6, 6.07) is 21.9. The highest BCUT2D eigenvalue weighted by Crippen LogP contribution is 2.29. The number of hydrogen-bond acceptors (Lipinski definition) is 0. The molecular weight excluding hydrogens is 308 g/mol. The molecule has 1 aromatic heterocycles. The number of aromatic amines is 1. The lowest BCUT2D eigenvalue weighted by molar-refractivity contribution is -0.398. The van der Waals surface area contributed by atoms with Gasteiger partial charge in [0.05, 0.1) is 0 Å². The molecule has 0 saturated carbocycles. The third-order valence-corrected chi connectivity index (χ3v) is 6.48. The first-order chi connectivity index (χ1) is 11.7. The standard InChI is InChI=1S/C21H17N2Si/c1-13-7-3-4-8-14(13)21-23(2)19-11-16-15-9-5-6-10-17(15)22-18(16)12-20(19)24-21/h3-12,22H,1-2H3/q+1. The second-order valence-electron chi connectivity index (χ2n) is 6.43. The van der Waals surface area contributed by atoms with E-state index in [0.717, 1.165) is 0 Å². The Bertz CT molecular complexity index is 1150. The van der Waals surface area contributed by atoms with Crippen LogP contribution in [0.25, 0.3) is 21.8 Å². The van der Waals surface area contributed by atoms with Gasteiger partial charge in [-0.05, 0) is 30.7 Å². The molecule has 2 radical (unpaired) electrons. The van der Waals surface area contributed by atoms with Crippen molar-refractivity contribution in [3.63, 3.8) is 0 Å². The van der Waals surface area contributed by atoms with Crippen molar-refractivity contribution in [1.82, 2.24) is 4.98 Å². The van der Waals surface area contributed by atoms with Gasteiger partial charge in [0.2, 0.25) is 15.2 Å². The Kier molecular flexibility index (Phi) is 2.82. The molecule has 0 saturated heterocycles. The summed E-state index contributed by atoms with van der Waals surface area (Å²) in [5.41, 5.74) is 6.50. The van der Waals surface area contributed by atoms with Crippen molar-refractivity contribution in [1.29, 1.82) is 0 Å². The van der Waals surface area contributed by atoms with E-state index >= 15 is 0 Å². The third-order valence-electron chi connectivity index (χ3n) is 4.97. The largest absolute Gasteiger partial charge is 0.355 e. The van der Waals surface area contributed by atoms with E-state index in [0.29, 0.717) is 9.52 Å². The maximum atomic E-state index is 3.57. The molecule has 0 atom stereocenters. The Morgan fingerprint density at radius 2 is 1.67 bits per heavy atom. The van der Waals surface area contributed by atoms with E-state index < -0.39 is 0 Å². The topological polar surface area (TPSA) is 18.8 Å². The van der Waals surface area contributed by atoms with Crippen LogP contribution in [0.1, 0.15) is 11.1 Å². The first-order valence-corrected chi connectivity index (χ1v) is 9.20. The minimum atomic E-state index is 0.698. The number of H-pyrrole nitrogens is 1. The van der Waals surface area contributed by atoms with Crippen LogP contribution in [0.2, 0.25) is 0 Å². The van der Waals surface area contributed by atoms with Crippen molar-refractivity contribution < 1.29 is 4.58 Å². The molecule has 0 aliphatic carbocycles. The van der Waals surface area contributed by atoms with Crippen molar-refractivity contribution in [2.75, 3.05) is 7.05 Å². The molecule has 0 spiro atoms. The zero-order chi connectivity index (χ0) is 16.3. The number of fused-ring (bicyclic) bond motifs is 4. The zero-order valence-electron chi connectivity index (χ0n) is 13.7. The van der Waals surface area contributed by atoms with Crippen molar-refractivity contribution >= 4 is 47.5 Å². The lowest BCUT2D eigenvalue weighted by atomic mass is 10.1. The van der Waals surface area contributed by atoms with Gasteiger partial charge in [-0.2, -0.15) is 0 Å². The Labute approximate surface area is 143 Å². The Morgan fingerprint density at radius 3 is 2.54 bits per heavy atom. The number of aryl methyl sites for hydroxylation is 1. The van der Waals surface area contributed by atoms with Crippen LogP contribution in [0.3, 0.4) is 0 Å². The van der Waals surface area contributed by atoms with Gasteiger partial charge in [0.25, 0.3) is 0 Å². The van der Waals surface area contributed by atoms with Gasteiger partial charge in [-0.3, -0.25) is 0 Å². The molecule has 1 N–H and O–H groups in total. The number of aromatic nitrogens is 1. The number of rotatable bonds is 1. The smallest absolute Gasteiger partial charge is 0.223 e. The molecule has 0 bridgehead atoms. The van der Waals surface area contributed by atoms with Crippen molar-refractivity contribution in [2.24, 2.45) is 0 Å². The number of nitrogens with zero attached hydrogens (tertiary/aromatic N) is 1. The van der Waals surface area contributed by atoms with Crippen LogP contribution in [0.15, 0.2) is 60.7 Å². The zero-order valence-corrected chi connectivity index (χ0v) is 14.7. The summed E-state index contributed by atoms with van der Waals surface area (Å²) in [6.45, 7) is 2.20. The maximum Gasteiger partial charge on any atom is 0.223 e. The van der Waals surface area contributed by atoms with Crippen molar-refractivity contribution in [2.45, 2.75) is 6.92 Å². The molecule has 0 unspecified atom stereocenters. The minimum absolute atomic E-state index is 0.698. The molecule has 0 fully saturated rings. The highest BCUT2D eigenvalue weighted by molar-refractivity contribution is 6.89. The average molecular weight is 325 g/mol. The van der Waals surface area contributed by atoms with Gasteiger partial charge in [0.15, 0.2) is 5.33 Å². The molecule has 0 amide bonds. The highest BCUT2D eigenvalue weighted by atomic mass is 28.2. The normalized spacial score (nSPS) is 13.9. The molecule has 1 aliphatic rings. The summed E-state index contributed by atoms with van der Waals surface area (Å²) in [5, 5.41) is 5.46. The number of nitrogens with one attached hydrogen (secondary N) is 1. The van der Waals surface area contributed by atoms with Gasteiger partial charge in [0, 0.05) is 38.6 Å². The quantitative estimate of drug-likeness (QED) is 0.406. The lowest BCUT2D eigenvalue weighted by Crippen LogP contribution is -2.21. The number of benzene rings is 3. The predicted molar refractivity (Wildman–Crippen MR) is 102 cm³/mol. The molecule has 3 aromatic carbocycles. The maximum absolute atomic E-state index is 3.57. The van der Waals surface area contributed by atoms with Gasteiger partial charge < -0.3 is 4.98 Å². The van der Waals surface area contributed by atoms with Crippen LogP contribution >= 0.6 is 0 Å². The van der Waals surface area contributed by atoms with Crippen molar-refractivity contribution in [3.8, 4) is 0 Å². The molecular formula is C21H17N2Si+. The van der Waals surface area contributed by atoms with Gasteiger partial charge in [-0.1, -0.05) is 36.4 Å². The van der Waals surface area contributed by atoms with Gasteiger partial charge in [-0.15, -0.1) is 0 Å². The van der Waals surface area contributed by atoms with E-state index in [1.165, 1.54) is 49.1 Å². The van der Waals surface area contributed by atoms with E-state index in [4.69, 9.17) is 0 Å². The molecule has 5 rings (SSSR count). The van der Waals surface area contributed by atoms with Crippen LogP contribution in [-0.4, -0.2) is 31.5 Å². The fourth-order valence-corrected chi connectivity index (χ4v) is 5.23. The third kappa shape index (κ3) is 1.85. The number of hydrogen-bond donors (Lipinski definition) is 1. The molecule has 1 aliphatic heterocycles. The van der Waals surface area contributed by atoms with E-state index in [-0.39, 0.29) is 0 Å². The van der Waals surface area contributed by atoms with Crippen LogP contribution in [-0.2, 0) is 0 Å². The monoisotopic (exact) mass is 325 g/mol. The van der Waals surface area contributed by atoms with Crippen LogP contribution in [0.4, 0.5) is 5.69 Å². The first kappa shape index (κ1) is 13.8. The second-order valence-corrected chi connectivity index (χ2v) is 7.70. The second kappa shape index (κ2) is 4.92. The highest BCUT2D eigenvalue weighted by Gasteiger charge is 2.31. The van der Waals surface area contributed by atoms with Crippen LogP contribution < -0.4 is 5.19 Å². The summed E-state index contributed by atoms with van der Waals surface area (Å²) < 4.78 is 2.37.